The van der Waals surface area contributed by atoms with Crippen molar-refractivity contribution in [3.63, 3.8) is 0 Å². The zero-order valence-corrected chi connectivity index (χ0v) is 12.6. The Morgan fingerprint density at radius 1 is 0.905 bits per heavy atom. The molecule has 0 bridgehead atoms. The van der Waals surface area contributed by atoms with Gasteiger partial charge in [-0.3, -0.25) is 19.2 Å². The van der Waals surface area contributed by atoms with E-state index in [0.29, 0.717) is 0 Å². The van der Waals surface area contributed by atoms with E-state index in [0.717, 1.165) is 0 Å². The molecule has 1 aromatic rings. The van der Waals surface area contributed by atoms with Gasteiger partial charge in [0, 0.05) is 16.8 Å². The molecule has 0 spiro atoms. The Hall–Kier alpha value is -2.30. The van der Waals surface area contributed by atoms with Crippen LogP contribution in [-0.2, 0) is 9.59 Å². The van der Waals surface area contributed by atoms with Crippen LogP contribution in [0.3, 0.4) is 0 Å². The fourth-order valence-electron chi connectivity index (χ4n) is 1.79. The van der Waals surface area contributed by atoms with Crippen molar-refractivity contribution >= 4 is 28.8 Å². The second-order valence-corrected chi connectivity index (χ2v) is 5.20. The van der Waals surface area contributed by atoms with Gasteiger partial charge in [-0.25, -0.2) is 0 Å². The van der Waals surface area contributed by atoms with Crippen LogP contribution in [-0.4, -0.2) is 23.1 Å². The summed E-state index contributed by atoms with van der Waals surface area (Å²) in [5.74, 6) is -2.72. The van der Waals surface area contributed by atoms with Crippen LogP contribution in [0.15, 0.2) is 18.2 Å². The molecule has 1 aromatic carbocycles. The highest BCUT2D eigenvalue weighted by molar-refractivity contribution is 6.14. The fourth-order valence-corrected chi connectivity index (χ4v) is 1.79. The summed E-state index contributed by atoms with van der Waals surface area (Å²) in [6.07, 6.45) is 0. The van der Waals surface area contributed by atoms with Crippen molar-refractivity contribution in [2.75, 3.05) is 5.73 Å². The SMILES string of the molecule is CC(=O)C(C)C(=O)c1ccc(C(=O)C(C)C(C)=O)c(N)c1. The Balaban J connectivity index is 3.12. The number of nitrogen functional groups attached to an aromatic ring is 1. The molecule has 2 atom stereocenters. The summed E-state index contributed by atoms with van der Waals surface area (Å²) in [5, 5.41) is 0. The molecule has 0 saturated carbocycles. The van der Waals surface area contributed by atoms with Crippen LogP contribution in [0.25, 0.3) is 0 Å². The zero-order valence-electron chi connectivity index (χ0n) is 12.6. The summed E-state index contributed by atoms with van der Waals surface area (Å²) < 4.78 is 0. The summed E-state index contributed by atoms with van der Waals surface area (Å²) in [5.41, 5.74) is 6.43. The van der Waals surface area contributed by atoms with Gasteiger partial charge >= 0.3 is 0 Å². The Labute approximate surface area is 123 Å². The Kier molecular flexibility index (Phi) is 5.13. The predicted molar refractivity (Wildman–Crippen MR) is 79.2 cm³/mol. The summed E-state index contributed by atoms with van der Waals surface area (Å²) in [4.78, 5) is 46.6. The van der Waals surface area contributed by atoms with Gasteiger partial charge in [0.25, 0.3) is 0 Å². The number of carbonyl (C=O) groups is 4. The molecule has 2 unspecified atom stereocenters. The lowest BCUT2D eigenvalue weighted by molar-refractivity contribution is -0.119. The van der Waals surface area contributed by atoms with Gasteiger partial charge in [0.2, 0.25) is 0 Å². The monoisotopic (exact) mass is 289 g/mol. The summed E-state index contributed by atoms with van der Waals surface area (Å²) in [6, 6.07) is 4.26. The van der Waals surface area contributed by atoms with Crippen LogP contribution in [0.5, 0.6) is 0 Å². The lowest BCUT2D eigenvalue weighted by Gasteiger charge is -2.12. The van der Waals surface area contributed by atoms with Gasteiger partial charge in [-0.05, 0) is 39.8 Å². The topological polar surface area (TPSA) is 94.3 Å². The lowest BCUT2D eigenvalue weighted by atomic mass is 9.91. The molecule has 112 valence electrons. The van der Waals surface area contributed by atoms with Crippen molar-refractivity contribution in [3.05, 3.63) is 29.3 Å². The minimum Gasteiger partial charge on any atom is -0.398 e. The first-order valence-corrected chi connectivity index (χ1v) is 6.65. The standard InChI is InChI=1S/C16H19NO4/c1-8(10(3)18)15(20)12-5-6-13(14(17)7-12)16(21)9(2)11(4)19/h5-9H,17H2,1-4H3. The minimum atomic E-state index is -0.773. The Morgan fingerprint density at radius 3 is 1.81 bits per heavy atom. The average molecular weight is 289 g/mol. The molecule has 2 N–H and O–H groups in total. The third-order valence-electron chi connectivity index (χ3n) is 3.61. The van der Waals surface area contributed by atoms with Gasteiger partial charge in [0.1, 0.15) is 11.6 Å². The van der Waals surface area contributed by atoms with E-state index in [4.69, 9.17) is 5.73 Å². The highest BCUT2D eigenvalue weighted by atomic mass is 16.2. The molecule has 0 aliphatic heterocycles. The maximum atomic E-state index is 12.1. The molecule has 0 aliphatic rings. The van der Waals surface area contributed by atoms with Crippen LogP contribution < -0.4 is 5.73 Å². The second kappa shape index (κ2) is 6.43. The molecule has 5 heteroatoms. The van der Waals surface area contributed by atoms with Crippen molar-refractivity contribution in [2.24, 2.45) is 11.8 Å². The molecule has 0 radical (unpaired) electrons. The number of benzene rings is 1. The van der Waals surface area contributed by atoms with Gasteiger partial charge in [-0.1, -0.05) is 6.07 Å². The first-order valence-electron chi connectivity index (χ1n) is 6.65. The van der Waals surface area contributed by atoms with Gasteiger partial charge < -0.3 is 5.73 Å². The van der Waals surface area contributed by atoms with Crippen molar-refractivity contribution in [2.45, 2.75) is 27.7 Å². The molecular weight excluding hydrogens is 270 g/mol. The van der Waals surface area contributed by atoms with Crippen LogP contribution >= 0.6 is 0 Å². The number of ketones is 4. The van der Waals surface area contributed by atoms with Crippen LogP contribution in [0.1, 0.15) is 48.4 Å². The van der Waals surface area contributed by atoms with E-state index in [1.165, 1.54) is 45.9 Å². The third-order valence-corrected chi connectivity index (χ3v) is 3.61. The number of carbonyl (C=O) groups excluding carboxylic acids is 4. The molecule has 0 fully saturated rings. The van der Waals surface area contributed by atoms with Crippen molar-refractivity contribution < 1.29 is 19.2 Å². The molecular formula is C16H19NO4. The molecule has 0 amide bonds. The highest BCUT2D eigenvalue weighted by Crippen LogP contribution is 2.21. The summed E-state index contributed by atoms with van der Waals surface area (Å²) in [6.45, 7) is 5.72. The first kappa shape index (κ1) is 16.8. The number of rotatable bonds is 6. The maximum Gasteiger partial charge on any atom is 0.175 e. The van der Waals surface area contributed by atoms with Gasteiger partial charge in [0.05, 0.1) is 11.8 Å². The van der Waals surface area contributed by atoms with E-state index in [2.05, 4.69) is 0 Å². The lowest BCUT2D eigenvalue weighted by Crippen LogP contribution is -2.21. The van der Waals surface area contributed by atoms with E-state index in [1.807, 2.05) is 0 Å². The van der Waals surface area contributed by atoms with Crippen molar-refractivity contribution in [1.29, 1.82) is 0 Å². The van der Waals surface area contributed by atoms with Crippen LogP contribution in [0.4, 0.5) is 5.69 Å². The molecule has 0 heterocycles. The highest BCUT2D eigenvalue weighted by Gasteiger charge is 2.24. The van der Waals surface area contributed by atoms with Crippen molar-refractivity contribution in [1.82, 2.24) is 0 Å². The van der Waals surface area contributed by atoms with E-state index in [1.54, 1.807) is 0 Å². The van der Waals surface area contributed by atoms with E-state index in [9.17, 15) is 19.2 Å². The van der Waals surface area contributed by atoms with E-state index < -0.39 is 11.8 Å². The number of hydrogen-bond donors (Lipinski definition) is 1. The zero-order chi connectivity index (χ0) is 16.3. The molecule has 0 saturated heterocycles. The van der Waals surface area contributed by atoms with Crippen molar-refractivity contribution in [3.8, 4) is 0 Å². The van der Waals surface area contributed by atoms with E-state index in [-0.39, 0.29) is 39.9 Å². The Bertz CT molecular complexity index is 619. The molecule has 5 nitrogen and oxygen atoms in total. The van der Waals surface area contributed by atoms with Gasteiger partial charge in [-0.15, -0.1) is 0 Å². The van der Waals surface area contributed by atoms with Crippen LogP contribution in [0.2, 0.25) is 0 Å². The minimum absolute atomic E-state index is 0.134. The van der Waals surface area contributed by atoms with E-state index >= 15 is 0 Å². The number of anilines is 1. The molecule has 0 aromatic heterocycles. The summed E-state index contributed by atoms with van der Waals surface area (Å²) >= 11 is 0. The number of Topliss-reactive ketones (excluding diaryl/α,β-unsaturated/α-hetero) is 4. The fraction of sp³-hybridized carbons (Fsp3) is 0.375. The number of nitrogens with two attached hydrogens (primary N) is 1. The smallest absolute Gasteiger partial charge is 0.175 e. The number of hydrogen-bond acceptors (Lipinski definition) is 5. The maximum absolute atomic E-state index is 12.1. The normalized spacial score (nSPS) is 13.3. The third kappa shape index (κ3) is 3.62. The molecule has 0 aliphatic carbocycles. The van der Waals surface area contributed by atoms with Crippen LogP contribution in [0, 0.1) is 11.8 Å². The molecule has 21 heavy (non-hydrogen) atoms. The largest absolute Gasteiger partial charge is 0.398 e. The second-order valence-electron chi connectivity index (χ2n) is 5.20. The van der Waals surface area contributed by atoms with Gasteiger partial charge in [-0.2, -0.15) is 0 Å². The summed E-state index contributed by atoms with van der Waals surface area (Å²) in [7, 11) is 0. The quantitative estimate of drug-likeness (QED) is 0.491. The first-order chi connectivity index (χ1) is 9.66. The Morgan fingerprint density at radius 2 is 1.38 bits per heavy atom. The van der Waals surface area contributed by atoms with Gasteiger partial charge in [0.15, 0.2) is 11.6 Å². The molecule has 1 rings (SSSR count). The predicted octanol–water partition coefficient (Wildman–Crippen LogP) is 2.08. The average Bonchev–Trinajstić information content (AvgIpc) is 2.43.